The minimum atomic E-state index is -4.52. The molecule has 3 aromatic rings. The second-order valence-corrected chi connectivity index (χ2v) is 5.65. The molecule has 24 heavy (non-hydrogen) atoms. The van der Waals surface area contributed by atoms with Crippen molar-refractivity contribution >= 4 is 34.0 Å². The molecule has 7 heteroatoms. The number of aryl methyl sites for hydroxylation is 1. The van der Waals surface area contributed by atoms with Gasteiger partial charge in [-0.3, -0.25) is 0 Å². The Morgan fingerprint density at radius 1 is 1.08 bits per heavy atom. The van der Waals surface area contributed by atoms with Gasteiger partial charge in [-0.1, -0.05) is 24.6 Å². The Morgan fingerprint density at radius 2 is 1.88 bits per heavy atom. The molecule has 0 saturated heterocycles. The number of hydrogen-bond donors (Lipinski definition) is 1. The van der Waals surface area contributed by atoms with Gasteiger partial charge in [0.25, 0.3) is 0 Å². The lowest BCUT2D eigenvalue weighted by Crippen LogP contribution is -2.07. The number of nitrogens with one attached hydrogen (secondary N) is 1. The van der Waals surface area contributed by atoms with Gasteiger partial charge in [0.05, 0.1) is 16.1 Å². The van der Waals surface area contributed by atoms with Crippen LogP contribution < -0.4 is 5.32 Å². The third kappa shape index (κ3) is 3.28. The van der Waals surface area contributed by atoms with Crippen LogP contribution >= 0.6 is 11.6 Å². The number of halogens is 4. The van der Waals surface area contributed by atoms with Crippen LogP contribution in [0.3, 0.4) is 0 Å². The Bertz CT molecular complexity index is 894. The molecule has 0 amide bonds. The normalized spacial score (nSPS) is 11.7. The molecule has 0 fully saturated rings. The summed E-state index contributed by atoms with van der Waals surface area (Å²) in [6, 6.07) is 9.42. The van der Waals surface area contributed by atoms with Gasteiger partial charge in [0.1, 0.15) is 12.1 Å². The maximum absolute atomic E-state index is 13.0. The summed E-state index contributed by atoms with van der Waals surface area (Å²) in [6.45, 7) is 2.02. The van der Waals surface area contributed by atoms with Crippen LogP contribution in [-0.2, 0) is 12.6 Å². The van der Waals surface area contributed by atoms with E-state index < -0.39 is 11.7 Å². The highest BCUT2D eigenvalue weighted by Crippen LogP contribution is 2.37. The van der Waals surface area contributed by atoms with Gasteiger partial charge in [0.2, 0.25) is 0 Å². The molecule has 0 spiro atoms. The van der Waals surface area contributed by atoms with E-state index in [1.54, 1.807) is 0 Å². The lowest BCUT2D eigenvalue weighted by molar-refractivity contribution is -0.137. The molecular formula is C17H13ClF3N3. The quantitative estimate of drug-likeness (QED) is 0.666. The summed E-state index contributed by atoms with van der Waals surface area (Å²) in [7, 11) is 0. The predicted octanol–water partition coefficient (Wildman–Crippen LogP) is 5.61. The molecule has 0 aliphatic rings. The number of alkyl halides is 3. The number of anilines is 2. The first-order chi connectivity index (χ1) is 11.4. The van der Waals surface area contributed by atoms with Crippen LogP contribution in [0, 0.1) is 0 Å². The molecule has 2 aromatic carbocycles. The van der Waals surface area contributed by atoms with Crippen molar-refractivity contribution in [2.24, 2.45) is 0 Å². The van der Waals surface area contributed by atoms with Gasteiger partial charge in [0.15, 0.2) is 0 Å². The Morgan fingerprint density at radius 3 is 2.58 bits per heavy atom. The fourth-order valence-corrected chi connectivity index (χ4v) is 2.60. The average Bonchev–Trinajstić information content (AvgIpc) is 2.55. The molecule has 0 aliphatic carbocycles. The minimum absolute atomic E-state index is 0.258. The van der Waals surface area contributed by atoms with Crippen LogP contribution in [0.15, 0.2) is 42.7 Å². The van der Waals surface area contributed by atoms with Crippen molar-refractivity contribution in [1.82, 2.24) is 9.97 Å². The van der Waals surface area contributed by atoms with Gasteiger partial charge in [-0.05, 0) is 42.3 Å². The highest BCUT2D eigenvalue weighted by molar-refractivity contribution is 6.31. The molecule has 0 unspecified atom stereocenters. The summed E-state index contributed by atoms with van der Waals surface area (Å²) in [5.41, 5.74) is 1.18. The van der Waals surface area contributed by atoms with Crippen LogP contribution in [0.1, 0.15) is 18.1 Å². The van der Waals surface area contributed by atoms with E-state index in [9.17, 15) is 13.2 Å². The minimum Gasteiger partial charge on any atom is -0.340 e. The largest absolute Gasteiger partial charge is 0.417 e. The van der Waals surface area contributed by atoms with Crippen molar-refractivity contribution in [3.8, 4) is 0 Å². The number of benzene rings is 2. The number of aromatic nitrogens is 2. The summed E-state index contributed by atoms with van der Waals surface area (Å²) in [6.07, 6.45) is -2.31. The van der Waals surface area contributed by atoms with Crippen molar-refractivity contribution in [2.75, 3.05) is 5.32 Å². The summed E-state index contributed by atoms with van der Waals surface area (Å²) in [5, 5.41) is 3.34. The van der Waals surface area contributed by atoms with Gasteiger partial charge in [-0.2, -0.15) is 13.2 Å². The maximum atomic E-state index is 13.0. The Kier molecular flexibility index (Phi) is 4.32. The second kappa shape index (κ2) is 6.28. The molecule has 0 radical (unpaired) electrons. The van der Waals surface area contributed by atoms with Crippen LogP contribution in [0.2, 0.25) is 5.02 Å². The van der Waals surface area contributed by atoms with Crippen LogP contribution in [0.4, 0.5) is 24.7 Å². The lowest BCUT2D eigenvalue weighted by Gasteiger charge is -2.13. The third-order valence-corrected chi connectivity index (χ3v) is 3.97. The van der Waals surface area contributed by atoms with Gasteiger partial charge in [-0.15, -0.1) is 0 Å². The van der Waals surface area contributed by atoms with Crippen molar-refractivity contribution in [1.29, 1.82) is 0 Å². The lowest BCUT2D eigenvalue weighted by atomic mass is 10.1. The number of hydrogen-bond acceptors (Lipinski definition) is 3. The number of nitrogens with zero attached hydrogens (tertiary/aromatic N) is 2. The van der Waals surface area contributed by atoms with E-state index in [4.69, 9.17) is 11.6 Å². The first kappa shape index (κ1) is 16.5. The van der Waals surface area contributed by atoms with Crippen LogP contribution in [0.5, 0.6) is 0 Å². The summed E-state index contributed by atoms with van der Waals surface area (Å²) in [5.74, 6) is 0.450. The molecule has 124 valence electrons. The molecule has 3 nitrogen and oxygen atoms in total. The van der Waals surface area contributed by atoms with Crippen molar-refractivity contribution in [3.05, 3.63) is 58.9 Å². The Labute approximate surface area is 141 Å². The van der Waals surface area contributed by atoms with Crippen molar-refractivity contribution in [2.45, 2.75) is 19.5 Å². The second-order valence-electron chi connectivity index (χ2n) is 5.24. The Hall–Kier alpha value is -2.34. The summed E-state index contributed by atoms with van der Waals surface area (Å²) < 4.78 is 38.9. The van der Waals surface area contributed by atoms with Gasteiger partial charge in [-0.25, -0.2) is 9.97 Å². The molecule has 0 atom stereocenters. The zero-order valence-electron chi connectivity index (χ0n) is 12.7. The van der Waals surface area contributed by atoms with E-state index >= 15 is 0 Å². The molecule has 1 aromatic heterocycles. The van der Waals surface area contributed by atoms with E-state index in [-0.39, 0.29) is 10.7 Å². The zero-order valence-corrected chi connectivity index (χ0v) is 13.4. The van der Waals surface area contributed by atoms with Crippen molar-refractivity contribution < 1.29 is 13.2 Å². The molecular weight excluding hydrogens is 339 g/mol. The predicted molar refractivity (Wildman–Crippen MR) is 88.7 cm³/mol. The van der Waals surface area contributed by atoms with Crippen LogP contribution in [0.25, 0.3) is 10.9 Å². The average molecular weight is 352 g/mol. The van der Waals surface area contributed by atoms with E-state index in [1.165, 1.54) is 18.5 Å². The highest BCUT2D eigenvalue weighted by atomic mass is 35.5. The molecule has 0 bridgehead atoms. The standard InChI is InChI=1S/C17H13ClF3N3/c1-2-10-3-6-15-12(7-10)16(23-9-22-15)24-11-4-5-14(18)13(8-11)17(19,20)21/h3-9H,2H2,1H3,(H,22,23,24). The van der Waals surface area contributed by atoms with E-state index in [1.807, 2.05) is 25.1 Å². The molecule has 0 aliphatic heterocycles. The molecule has 1 heterocycles. The zero-order chi connectivity index (χ0) is 17.3. The number of fused-ring (bicyclic) bond motifs is 1. The molecule has 3 rings (SSSR count). The van der Waals surface area contributed by atoms with Crippen LogP contribution in [-0.4, -0.2) is 9.97 Å². The van der Waals surface area contributed by atoms with Crippen molar-refractivity contribution in [3.63, 3.8) is 0 Å². The summed E-state index contributed by atoms with van der Waals surface area (Å²) >= 11 is 5.65. The number of rotatable bonds is 3. The third-order valence-electron chi connectivity index (χ3n) is 3.64. The van der Waals surface area contributed by atoms with E-state index in [0.29, 0.717) is 5.82 Å². The first-order valence-corrected chi connectivity index (χ1v) is 7.63. The monoisotopic (exact) mass is 351 g/mol. The van der Waals surface area contributed by atoms with E-state index in [0.717, 1.165) is 29.0 Å². The fourth-order valence-electron chi connectivity index (χ4n) is 2.38. The topological polar surface area (TPSA) is 37.8 Å². The van der Waals surface area contributed by atoms with Gasteiger partial charge in [0, 0.05) is 11.1 Å². The van der Waals surface area contributed by atoms with Gasteiger partial charge < -0.3 is 5.32 Å². The first-order valence-electron chi connectivity index (χ1n) is 7.26. The SMILES string of the molecule is CCc1ccc2ncnc(Nc3ccc(Cl)c(C(F)(F)F)c3)c2c1. The molecule has 0 saturated carbocycles. The summed E-state index contributed by atoms with van der Waals surface area (Å²) in [4.78, 5) is 8.33. The van der Waals surface area contributed by atoms with Gasteiger partial charge >= 0.3 is 6.18 Å². The fraction of sp³-hybridized carbons (Fsp3) is 0.176. The smallest absolute Gasteiger partial charge is 0.340 e. The maximum Gasteiger partial charge on any atom is 0.417 e. The highest BCUT2D eigenvalue weighted by Gasteiger charge is 2.33. The molecule has 1 N–H and O–H groups in total. The van der Waals surface area contributed by atoms with E-state index in [2.05, 4.69) is 15.3 Å². The Balaban J connectivity index is 2.04.